The second-order valence-corrected chi connectivity index (χ2v) is 5.77. The lowest BCUT2D eigenvalue weighted by molar-refractivity contribution is 0.0697. The average Bonchev–Trinajstić information content (AvgIpc) is 2.68. The van der Waals surface area contributed by atoms with Crippen molar-refractivity contribution in [2.75, 3.05) is 7.11 Å². The first kappa shape index (κ1) is 17.4. The summed E-state index contributed by atoms with van der Waals surface area (Å²) in [4.78, 5) is 19.7. The number of carboxylic acid groups (broad SMARTS) is 1. The van der Waals surface area contributed by atoms with Gasteiger partial charge in [0.05, 0.1) is 24.1 Å². The standard InChI is InChI=1S/C21H18N2O3/c1-14(11-15-3-5-18(26-2)6-4-15)16-7-9-22-19(12-16)20-13-17(21(24)25)8-10-23-20/h3-13H,1-2H3,(H,24,25)/b14-11+. The van der Waals surface area contributed by atoms with Crippen molar-refractivity contribution >= 4 is 17.6 Å². The van der Waals surface area contributed by atoms with E-state index in [1.807, 2.05) is 43.3 Å². The first-order valence-corrected chi connectivity index (χ1v) is 8.05. The molecule has 0 bridgehead atoms. The highest BCUT2D eigenvalue weighted by atomic mass is 16.5. The minimum absolute atomic E-state index is 0.188. The van der Waals surface area contributed by atoms with E-state index in [2.05, 4.69) is 16.0 Å². The molecular weight excluding hydrogens is 328 g/mol. The molecular formula is C21H18N2O3. The molecule has 0 spiro atoms. The molecule has 130 valence electrons. The van der Waals surface area contributed by atoms with Crippen molar-refractivity contribution in [1.82, 2.24) is 9.97 Å². The van der Waals surface area contributed by atoms with Crippen molar-refractivity contribution in [3.05, 3.63) is 77.6 Å². The molecule has 0 aliphatic rings. The number of benzene rings is 1. The number of aromatic nitrogens is 2. The number of allylic oxidation sites excluding steroid dienone is 1. The molecule has 0 atom stereocenters. The number of carboxylic acids is 1. The first-order chi connectivity index (χ1) is 12.6. The molecule has 26 heavy (non-hydrogen) atoms. The van der Waals surface area contributed by atoms with Crippen LogP contribution in [-0.2, 0) is 0 Å². The molecule has 0 radical (unpaired) electrons. The Morgan fingerprint density at radius 3 is 2.12 bits per heavy atom. The molecule has 0 unspecified atom stereocenters. The zero-order valence-electron chi connectivity index (χ0n) is 14.5. The molecule has 5 nitrogen and oxygen atoms in total. The number of hydrogen-bond acceptors (Lipinski definition) is 4. The van der Waals surface area contributed by atoms with Crippen LogP contribution in [0.15, 0.2) is 60.9 Å². The second kappa shape index (κ2) is 7.61. The van der Waals surface area contributed by atoms with Crippen LogP contribution in [0, 0.1) is 0 Å². The SMILES string of the molecule is COc1ccc(/C=C(\C)c2ccnc(-c3cc(C(=O)O)ccn3)c2)cc1. The highest BCUT2D eigenvalue weighted by molar-refractivity contribution is 5.89. The molecule has 0 saturated carbocycles. The predicted octanol–water partition coefficient (Wildman–Crippen LogP) is 4.41. The Kier molecular flexibility index (Phi) is 5.08. The lowest BCUT2D eigenvalue weighted by Gasteiger charge is -2.06. The van der Waals surface area contributed by atoms with Gasteiger partial charge in [-0.3, -0.25) is 9.97 Å². The van der Waals surface area contributed by atoms with Crippen LogP contribution in [0.3, 0.4) is 0 Å². The molecule has 0 aliphatic carbocycles. The lowest BCUT2D eigenvalue weighted by Crippen LogP contribution is -1.98. The van der Waals surface area contributed by atoms with E-state index < -0.39 is 5.97 Å². The first-order valence-electron chi connectivity index (χ1n) is 8.05. The van der Waals surface area contributed by atoms with Crippen molar-refractivity contribution in [3.63, 3.8) is 0 Å². The van der Waals surface area contributed by atoms with Gasteiger partial charge in [-0.15, -0.1) is 0 Å². The summed E-state index contributed by atoms with van der Waals surface area (Å²) >= 11 is 0. The van der Waals surface area contributed by atoms with Crippen molar-refractivity contribution in [2.24, 2.45) is 0 Å². The summed E-state index contributed by atoms with van der Waals surface area (Å²) < 4.78 is 5.17. The Morgan fingerprint density at radius 2 is 1.54 bits per heavy atom. The monoisotopic (exact) mass is 346 g/mol. The molecule has 1 aromatic carbocycles. The van der Waals surface area contributed by atoms with E-state index in [-0.39, 0.29) is 5.56 Å². The maximum Gasteiger partial charge on any atom is 0.335 e. The van der Waals surface area contributed by atoms with Crippen LogP contribution in [0.1, 0.15) is 28.4 Å². The zero-order chi connectivity index (χ0) is 18.5. The maximum absolute atomic E-state index is 11.1. The molecule has 0 aliphatic heterocycles. The highest BCUT2D eigenvalue weighted by Crippen LogP contribution is 2.23. The number of methoxy groups -OCH3 is 1. The van der Waals surface area contributed by atoms with Crippen LogP contribution >= 0.6 is 0 Å². The van der Waals surface area contributed by atoms with Crippen molar-refractivity contribution in [1.29, 1.82) is 0 Å². The smallest absolute Gasteiger partial charge is 0.335 e. The summed E-state index contributed by atoms with van der Waals surface area (Å²) in [5.74, 6) is -0.171. The van der Waals surface area contributed by atoms with Gasteiger partial charge < -0.3 is 9.84 Å². The fraction of sp³-hybridized carbons (Fsp3) is 0.0952. The molecule has 0 amide bonds. The molecule has 2 heterocycles. The lowest BCUT2D eigenvalue weighted by atomic mass is 10.0. The van der Waals surface area contributed by atoms with Crippen molar-refractivity contribution in [2.45, 2.75) is 6.92 Å². The van der Waals surface area contributed by atoms with Gasteiger partial charge in [-0.1, -0.05) is 18.2 Å². The number of pyridine rings is 2. The molecule has 2 aromatic heterocycles. The van der Waals surface area contributed by atoms with Gasteiger partial charge in [-0.2, -0.15) is 0 Å². The fourth-order valence-electron chi connectivity index (χ4n) is 2.55. The Morgan fingerprint density at radius 1 is 0.962 bits per heavy atom. The van der Waals surface area contributed by atoms with Gasteiger partial charge in [0.15, 0.2) is 0 Å². The van der Waals surface area contributed by atoms with Crippen LogP contribution in [0.25, 0.3) is 23.0 Å². The summed E-state index contributed by atoms with van der Waals surface area (Å²) in [6.45, 7) is 2.02. The van der Waals surface area contributed by atoms with Crippen LogP contribution in [0.4, 0.5) is 0 Å². The second-order valence-electron chi connectivity index (χ2n) is 5.77. The van der Waals surface area contributed by atoms with Gasteiger partial charge in [0, 0.05) is 12.4 Å². The van der Waals surface area contributed by atoms with Crippen LogP contribution < -0.4 is 4.74 Å². The Hall–Kier alpha value is -3.47. The van der Waals surface area contributed by atoms with E-state index in [0.717, 1.165) is 22.4 Å². The molecule has 1 N–H and O–H groups in total. The predicted molar refractivity (Wildman–Crippen MR) is 101 cm³/mol. The van der Waals surface area contributed by atoms with E-state index in [0.29, 0.717) is 11.4 Å². The minimum Gasteiger partial charge on any atom is -0.497 e. The summed E-state index contributed by atoms with van der Waals surface area (Å²) in [5, 5.41) is 9.13. The fourth-order valence-corrected chi connectivity index (χ4v) is 2.55. The Labute approximate surface area is 151 Å². The van der Waals surface area contributed by atoms with Gasteiger partial charge in [0.1, 0.15) is 5.75 Å². The van der Waals surface area contributed by atoms with Crippen LogP contribution in [0.2, 0.25) is 0 Å². The number of aromatic carboxylic acids is 1. The van der Waals surface area contributed by atoms with E-state index in [9.17, 15) is 4.79 Å². The Bertz CT molecular complexity index is 963. The highest BCUT2D eigenvalue weighted by Gasteiger charge is 2.08. The number of ether oxygens (including phenoxy) is 1. The van der Waals surface area contributed by atoms with E-state index in [4.69, 9.17) is 9.84 Å². The molecule has 0 fully saturated rings. The van der Waals surface area contributed by atoms with Gasteiger partial charge in [-0.25, -0.2) is 4.79 Å². The number of hydrogen-bond donors (Lipinski definition) is 1. The number of rotatable bonds is 5. The normalized spacial score (nSPS) is 11.2. The summed E-state index contributed by atoms with van der Waals surface area (Å²) in [5.41, 5.74) is 4.47. The topological polar surface area (TPSA) is 72.3 Å². The largest absolute Gasteiger partial charge is 0.497 e. The summed E-state index contributed by atoms with van der Waals surface area (Å²) in [6.07, 6.45) is 5.25. The number of carbonyl (C=O) groups is 1. The van der Waals surface area contributed by atoms with Gasteiger partial charge in [0.2, 0.25) is 0 Å². The molecule has 5 heteroatoms. The zero-order valence-corrected chi connectivity index (χ0v) is 14.5. The number of nitrogens with zero attached hydrogens (tertiary/aromatic N) is 2. The third-order valence-electron chi connectivity index (χ3n) is 3.98. The summed E-state index contributed by atoms with van der Waals surface area (Å²) in [7, 11) is 1.64. The van der Waals surface area contributed by atoms with E-state index in [1.54, 1.807) is 13.3 Å². The minimum atomic E-state index is -0.986. The van der Waals surface area contributed by atoms with E-state index >= 15 is 0 Å². The Balaban J connectivity index is 1.92. The maximum atomic E-state index is 11.1. The van der Waals surface area contributed by atoms with Crippen molar-refractivity contribution < 1.29 is 14.6 Å². The molecule has 3 aromatic rings. The van der Waals surface area contributed by atoms with E-state index in [1.165, 1.54) is 18.3 Å². The third kappa shape index (κ3) is 3.95. The third-order valence-corrected chi connectivity index (χ3v) is 3.98. The van der Waals surface area contributed by atoms with Gasteiger partial charge in [0.25, 0.3) is 0 Å². The van der Waals surface area contributed by atoms with Crippen molar-refractivity contribution in [3.8, 4) is 17.1 Å². The molecule has 0 saturated heterocycles. The van der Waals surface area contributed by atoms with Gasteiger partial charge in [-0.05, 0) is 60.0 Å². The average molecular weight is 346 g/mol. The summed E-state index contributed by atoms with van der Waals surface area (Å²) in [6, 6.07) is 14.6. The quantitative estimate of drug-likeness (QED) is 0.741. The van der Waals surface area contributed by atoms with Crippen LogP contribution in [-0.4, -0.2) is 28.2 Å². The van der Waals surface area contributed by atoms with Crippen LogP contribution in [0.5, 0.6) is 5.75 Å². The molecule has 3 rings (SSSR count). The van der Waals surface area contributed by atoms with Gasteiger partial charge >= 0.3 is 5.97 Å².